The highest BCUT2D eigenvalue weighted by molar-refractivity contribution is 4.60. The Kier molecular flexibility index (Phi) is 11.9. The first-order chi connectivity index (χ1) is 7.31. The molecule has 0 spiro atoms. The van der Waals surface area contributed by atoms with Crippen LogP contribution in [0.5, 0.6) is 0 Å². The number of hydrogen-bond acceptors (Lipinski definition) is 2. The summed E-state index contributed by atoms with van der Waals surface area (Å²) < 4.78 is 5.01. The van der Waals surface area contributed by atoms with Crippen molar-refractivity contribution in [3.05, 3.63) is 0 Å². The Morgan fingerprint density at radius 3 is 2.53 bits per heavy atom. The van der Waals surface area contributed by atoms with Gasteiger partial charge in [-0.2, -0.15) is 0 Å². The molecule has 0 saturated heterocycles. The van der Waals surface area contributed by atoms with Gasteiger partial charge in [-0.25, -0.2) is 0 Å². The quantitative estimate of drug-likeness (QED) is 0.534. The van der Waals surface area contributed by atoms with Gasteiger partial charge in [-0.15, -0.1) is 0 Å². The highest BCUT2D eigenvalue weighted by Gasteiger charge is 1.99. The van der Waals surface area contributed by atoms with Crippen molar-refractivity contribution in [3.8, 4) is 0 Å². The third kappa shape index (κ3) is 11.8. The first-order valence-electron chi connectivity index (χ1n) is 6.53. The van der Waals surface area contributed by atoms with Crippen LogP contribution in [-0.2, 0) is 4.74 Å². The molecule has 0 aromatic carbocycles. The maximum Gasteiger partial charge on any atom is 0.0462 e. The van der Waals surface area contributed by atoms with Crippen molar-refractivity contribution in [3.63, 3.8) is 0 Å². The summed E-state index contributed by atoms with van der Waals surface area (Å²) in [7, 11) is 1.77. The van der Waals surface area contributed by atoms with Gasteiger partial charge in [-0.05, 0) is 39.2 Å². The summed E-state index contributed by atoms with van der Waals surface area (Å²) >= 11 is 0. The van der Waals surface area contributed by atoms with Gasteiger partial charge in [0, 0.05) is 19.8 Å². The third-order valence-electron chi connectivity index (χ3n) is 2.76. The Hall–Kier alpha value is -0.0800. The van der Waals surface area contributed by atoms with E-state index in [4.69, 9.17) is 4.74 Å². The van der Waals surface area contributed by atoms with E-state index in [0.29, 0.717) is 6.04 Å². The molecule has 0 saturated carbocycles. The molecule has 15 heavy (non-hydrogen) atoms. The molecule has 0 heterocycles. The van der Waals surface area contributed by atoms with Crippen LogP contribution in [-0.4, -0.2) is 26.3 Å². The molecule has 1 atom stereocenters. The van der Waals surface area contributed by atoms with E-state index in [1.54, 1.807) is 7.11 Å². The Balaban J connectivity index is 3.06. The summed E-state index contributed by atoms with van der Waals surface area (Å²) in [6.45, 7) is 6.63. The SMILES string of the molecule is CCCCCC(C)NCCCCCOC. The molecule has 0 rings (SSSR count). The van der Waals surface area contributed by atoms with Crippen LogP contribution in [0.4, 0.5) is 0 Å². The highest BCUT2D eigenvalue weighted by Crippen LogP contribution is 2.03. The zero-order valence-electron chi connectivity index (χ0n) is 10.8. The topological polar surface area (TPSA) is 21.3 Å². The summed E-state index contributed by atoms with van der Waals surface area (Å²) in [4.78, 5) is 0. The van der Waals surface area contributed by atoms with Crippen LogP contribution in [0, 0.1) is 0 Å². The summed E-state index contributed by atoms with van der Waals surface area (Å²) in [6, 6.07) is 0.693. The molecule has 2 heteroatoms. The van der Waals surface area contributed by atoms with Gasteiger partial charge in [0.15, 0.2) is 0 Å². The maximum atomic E-state index is 5.01. The Morgan fingerprint density at radius 2 is 1.87 bits per heavy atom. The lowest BCUT2D eigenvalue weighted by Gasteiger charge is -2.13. The molecule has 0 aromatic rings. The zero-order valence-corrected chi connectivity index (χ0v) is 10.8. The monoisotopic (exact) mass is 215 g/mol. The van der Waals surface area contributed by atoms with Gasteiger partial charge >= 0.3 is 0 Å². The minimum absolute atomic E-state index is 0.693. The first-order valence-corrected chi connectivity index (χ1v) is 6.53. The lowest BCUT2D eigenvalue weighted by atomic mass is 10.1. The van der Waals surface area contributed by atoms with Crippen molar-refractivity contribution in [2.24, 2.45) is 0 Å². The maximum absolute atomic E-state index is 5.01. The van der Waals surface area contributed by atoms with E-state index in [9.17, 15) is 0 Å². The molecule has 0 amide bonds. The molecule has 0 aromatic heterocycles. The molecule has 92 valence electrons. The number of ether oxygens (including phenoxy) is 1. The Morgan fingerprint density at radius 1 is 1.07 bits per heavy atom. The molecule has 0 radical (unpaired) electrons. The van der Waals surface area contributed by atoms with E-state index in [-0.39, 0.29) is 0 Å². The number of methoxy groups -OCH3 is 1. The van der Waals surface area contributed by atoms with E-state index >= 15 is 0 Å². The lowest BCUT2D eigenvalue weighted by molar-refractivity contribution is 0.192. The Bertz CT molecular complexity index is 117. The van der Waals surface area contributed by atoms with E-state index in [2.05, 4.69) is 19.2 Å². The standard InChI is InChI=1S/C13H29NO/c1-4-5-7-10-13(2)14-11-8-6-9-12-15-3/h13-14H,4-12H2,1-3H3. The molecular weight excluding hydrogens is 186 g/mol. The van der Waals surface area contributed by atoms with Crippen molar-refractivity contribution in [2.75, 3.05) is 20.3 Å². The van der Waals surface area contributed by atoms with Crippen LogP contribution >= 0.6 is 0 Å². The van der Waals surface area contributed by atoms with Gasteiger partial charge < -0.3 is 10.1 Å². The fourth-order valence-corrected chi connectivity index (χ4v) is 1.70. The second kappa shape index (κ2) is 12.0. The van der Waals surface area contributed by atoms with Crippen LogP contribution in [0.15, 0.2) is 0 Å². The van der Waals surface area contributed by atoms with Crippen LogP contribution in [0.3, 0.4) is 0 Å². The second-order valence-corrected chi connectivity index (χ2v) is 4.40. The van der Waals surface area contributed by atoms with Crippen LogP contribution in [0.25, 0.3) is 0 Å². The molecule has 0 aliphatic heterocycles. The smallest absolute Gasteiger partial charge is 0.0462 e. The molecule has 1 unspecified atom stereocenters. The number of unbranched alkanes of at least 4 members (excludes halogenated alkanes) is 4. The van der Waals surface area contributed by atoms with Gasteiger partial charge in [-0.3, -0.25) is 0 Å². The highest BCUT2D eigenvalue weighted by atomic mass is 16.5. The van der Waals surface area contributed by atoms with Gasteiger partial charge in [-0.1, -0.05) is 26.2 Å². The van der Waals surface area contributed by atoms with Gasteiger partial charge in [0.25, 0.3) is 0 Å². The molecular formula is C13H29NO. The third-order valence-corrected chi connectivity index (χ3v) is 2.76. The van der Waals surface area contributed by atoms with Gasteiger partial charge in [0.2, 0.25) is 0 Å². The Labute approximate surface area is 95.8 Å². The van der Waals surface area contributed by atoms with Crippen molar-refractivity contribution in [1.29, 1.82) is 0 Å². The summed E-state index contributed by atoms with van der Waals surface area (Å²) in [5.74, 6) is 0. The van der Waals surface area contributed by atoms with Crippen molar-refractivity contribution in [1.82, 2.24) is 5.32 Å². The predicted molar refractivity (Wildman–Crippen MR) is 67.3 cm³/mol. The molecule has 0 aliphatic rings. The fraction of sp³-hybridized carbons (Fsp3) is 1.00. The first kappa shape index (κ1) is 14.9. The molecule has 0 bridgehead atoms. The molecule has 0 fully saturated rings. The summed E-state index contributed by atoms with van der Waals surface area (Å²) in [5, 5.41) is 3.58. The van der Waals surface area contributed by atoms with E-state index in [1.165, 1.54) is 44.9 Å². The summed E-state index contributed by atoms with van der Waals surface area (Å²) in [6.07, 6.45) is 9.15. The van der Waals surface area contributed by atoms with Gasteiger partial charge in [0.05, 0.1) is 0 Å². The largest absolute Gasteiger partial charge is 0.385 e. The number of hydrogen-bond donors (Lipinski definition) is 1. The lowest BCUT2D eigenvalue weighted by Crippen LogP contribution is -2.26. The van der Waals surface area contributed by atoms with Crippen LogP contribution in [0.1, 0.15) is 58.8 Å². The zero-order chi connectivity index (χ0) is 11.4. The normalized spacial score (nSPS) is 13.0. The van der Waals surface area contributed by atoms with Crippen LogP contribution in [0.2, 0.25) is 0 Å². The number of nitrogens with one attached hydrogen (secondary N) is 1. The van der Waals surface area contributed by atoms with Gasteiger partial charge in [0.1, 0.15) is 0 Å². The molecule has 1 N–H and O–H groups in total. The van der Waals surface area contributed by atoms with E-state index < -0.39 is 0 Å². The average Bonchev–Trinajstić information content (AvgIpc) is 2.23. The van der Waals surface area contributed by atoms with E-state index in [0.717, 1.165) is 13.2 Å². The van der Waals surface area contributed by atoms with Crippen molar-refractivity contribution in [2.45, 2.75) is 64.8 Å². The summed E-state index contributed by atoms with van der Waals surface area (Å²) in [5.41, 5.74) is 0. The molecule has 2 nitrogen and oxygen atoms in total. The number of rotatable bonds is 11. The van der Waals surface area contributed by atoms with Crippen molar-refractivity contribution >= 4 is 0 Å². The minimum Gasteiger partial charge on any atom is -0.385 e. The fourth-order valence-electron chi connectivity index (χ4n) is 1.70. The second-order valence-electron chi connectivity index (χ2n) is 4.40. The van der Waals surface area contributed by atoms with E-state index in [1.807, 2.05) is 0 Å². The predicted octanol–water partition coefficient (Wildman–Crippen LogP) is 3.36. The van der Waals surface area contributed by atoms with Crippen molar-refractivity contribution < 1.29 is 4.74 Å². The molecule has 0 aliphatic carbocycles. The average molecular weight is 215 g/mol. The van der Waals surface area contributed by atoms with Crippen LogP contribution < -0.4 is 5.32 Å². The minimum atomic E-state index is 0.693.